The number of nitrogens with zero attached hydrogens (tertiary/aromatic N) is 2. The average Bonchev–Trinajstić information content (AvgIpc) is 2.79. The summed E-state index contributed by atoms with van der Waals surface area (Å²) in [6, 6.07) is 17.6. The van der Waals surface area contributed by atoms with Crippen molar-refractivity contribution in [3.8, 4) is 5.75 Å². The van der Waals surface area contributed by atoms with Gasteiger partial charge >= 0.3 is 0 Å². The maximum Gasteiger partial charge on any atom is 0.279 e. The third kappa shape index (κ3) is 4.66. The minimum atomic E-state index is -0.330. The first kappa shape index (κ1) is 21.2. The lowest BCUT2D eigenvalue weighted by atomic mass is 9.87. The minimum Gasteiger partial charge on any atom is -0.494 e. The molecule has 0 unspecified atom stereocenters. The quantitative estimate of drug-likeness (QED) is 0.442. The summed E-state index contributed by atoms with van der Waals surface area (Å²) < 4.78 is 7.46. The van der Waals surface area contributed by atoms with E-state index in [0.29, 0.717) is 28.9 Å². The van der Waals surface area contributed by atoms with Crippen LogP contribution in [0.5, 0.6) is 5.75 Å². The molecule has 4 rings (SSSR count). The second kappa shape index (κ2) is 9.39. The molecule has 2 aromatic carbocycles. The van der Waals surface area contributed by atoms with Gasteiger partial charge in [0.15, 0.2) is 5.16 Å². The molecule has 1 N–H and O–H groups in total. The number of carbonyl (C=O) groups is 1. The molecule has 1 amide bonds. The van der Waals surface area contributed by atoms with Gasteiger partial charge in [0.2, 0.25) is 5.91 Å². The molecule has 1 atom stereocenters. The van der Waals surface area contributed by atoms with Crippen molar-refractivity contribution in [2.75, 3.05) is 11.9 Å². The fourth-order valence-electron chi connectivity index (χ4n) is 3.69. The van der Waals surface area contributed by atoms with Gasteiger partial charge in [0.05, 0.1) is 12.2 Å². The third-order valence-electron chi connectivity index (χ3n) is 5.27. The summed E-state index contributed by atoms with van der Waals surface area (Å²) >= 11 is 1.48. The van der Waals surface area contributed by atoms with E-state index in [1.807, 2.05) is 66.2 Å². The number of thioether (sulfide) groups is 1. The molecule has 0 spiro atoms. The van der Waals surface area contributed by atoms with Crippen LogP contribution in [0.25, 0.3) is 0 Å². The molecule has 1 aliphatic heterocycles. The number of hydrogen-bond acceptors (Lipinski definition) is 5. The van der Waals surface area contributed by atoms with E-state index in [-0.39, 0.29) is 23.8 Å². The minimum absolute atomic E-state index is 0.107. The standard InChI is InChI=1S/C24H25N3O3S/c1-3-13-30-18-11-9-17(10-12-18)19-14-20(28)25-22-21(19)23(29)26-24(27(22)2)31-15-16-7-5-4-6-8-16/h4-12,19H,3,13-15H2,1-2H3,(H,25,28)/t19-/m1/s1. The first-order chi connectivity index (χ1) is 15.1. The van der Waals surface area contributed by atoms with Crippen LogP contribution in [0.15, 0.2) is 64.5 Å². The average molecular weight is 436 g/mol. The highest BCUT2D eigenvalue weighted by molar-refractivity contribution is 7.98. The molecule has 3 aromatic rings. The number of rotatable bonds is 7. The summed E-state index contributed by atoms with van der Waals surface area (Å²) in [6.07, 6.45) is 1.15. The van der Waals surface area contributed by atoms with Gasteiger partial charge in [-0.25, -0.2) is 0 Å². The summed E-state index contributed by atoms with van der Waals surface area (Å²) in [5.74, 6) is 1.57. The number of benzene rings is 2. The Morgan fingerprint density at radius 3 is 2.58 bits per heavy atom. The molecule has 7 heteroatoms. The lowest BCUT2D eigenvalue weighted by Gasteiger charge is -2.27. The summed E-state index contributed by atoms with van der Waals surface area (Å²) in [7, 11) is 1.84. The molecule has 6 nitrogen and oxygen atoms in total. The molecule has 31 heavy (non-hydrogen) atoms. The zero-order valence-electron chi connectivity index (χ0n) is 17.6. The number of hydrogen-bond donors (Lipinski definition) is 1. The molecule has 2 heterocycles. The molecule has 0 fully saturated rings. The predicted molar refractivity (Wildman–Crippen MR) is 123 cm³/mol. The highest BCUT2D eigenvalue weighted by Gasteiger charge is 2.32. The molecule has 0 saturated carbocycles. The number of ether oxygens (including phenoxy) is 1. The number of fused-ring (bicyclic) bond motifs is 1. The van der Waals surface area contributed by atoms with E-state index in [1.165, 1.54) is 11.8 Å². The molecular weight excluding hydrogens is 410 g/mol. The van der Waals surface area contributed by atoms with Crippen LogP contribution in [-0.4, -0.2) is 22.1 Å². The Morgan fingerprint density at radius 1 is 1.13 bits per heavy atom. The lowest BCUT2D eigenvalue weighted by Crippen LogP contribution is -2.33. The Labute approximate surface area is 185 Å². The van der Waals surface area contributed by atoms with E-state index in [4.69, 9.17) is 4.74 Å². The van der Waals surface area contributed by atoms with Crippen molar-refractivity contribution in [3.05, 3.63) is 81.6 Å². The van der Waals surface area contributed by atoms with Crippen LogP contribution in [0.4, 0.5) is 5.82 Å². The van der Waals surface area contributed by atoms with Crippen molar-refractivity contribution >= 4 is 23.5 Å². The number of nitrogens with one attached hydrogen (secondary N) is 1. The van der Waals surface area contributed by atoms with Crippen LogP contribution >= 0.6 is 11.8 Å². The molecule has 0 bridgehead atoms. The Bertz CT molecular complexity index is 1130. The van der Waals surface area contributed by atoms with Crippen molar-refractivity contribution < 1.29 is 9.53 Å². The van der Waals surface area contributed by atoms with Crippen LogP contribution in [0.2, 0.25) is 0 Å². The van der Waals surface area contributed by atoms with Crippen LogP contribution in [0, 0.1) is 0 Å². The lowest BCUT2D eigenvalue weighted by molar-refractivity contribution is -0.116. The Kier molecular flexibility index (Phi) is 6.42. The van der Waals surface area contributed by atoms with E-state index in [1.54, 1.807) is 0 Å². The van der Waals surface area contributed by atoms with Gasteiger partial charge in [-0.3, -0.25) is 9.59 Å². The highest BCUT2D eigenvalue weighted by atomic mass is 32.2. The van der Waals surface area contributed by atoms with Crippen molar-refractivity contribution in [1.29, 1.82) is 0 Å². The van der Waals surface area contributed by atoms with Crippen molar-refractivity contribution in [1.82, 2.24) is 9.55 Å². The molecule has 0 aliphatic carbocycles. The Hall–Kier alpha value is -3.06. The van der Waals surface area contributed by atoms with Gasteiger partial charge < -0.3 is 14.6 Å². The Morgan fingerprint density at radius 2 is 1.87 bits per heavy atom. The van der Waals surface area contributed by atoms with Gasteiger partial charge in [-0.05, 0) is 29.7 Å². The van der Waals surface area contributed by atoms with Crippen molar-refractivity contribution in [3.63, 3.8) is 0 Å². The fraction of sp³-hybridized carbons (Fsp3) is 0.292. The normalized spacial score (nSPS) is 15.3. The maximum atomic E-state index is 13.0. The van der Waals surface area contributed by atoms with Gasteiger partial charge in [-0.15, -0.1) is 0 Å². The molecular formula is C24H25N3O3S. The van der Waals surface area contributed by atoms with Gasteiger partial charge in [-0.1, -0.05) is 61.2 Å². The third-order valence-corrected chi connectivity index (χ3v) is 6.37. The number of anilines is 1. The predicted octanol–water partition coefficient (Wildman–Crippen LogP) is 4.34. The van der Waals surface area contributed by atoms with Crippen LogP contribution in [-0.2, 0) is 17.6 Å². The van der Waals surface area contributed by atoms with Crippen LogP contribution in [0.3, 0.4) is 0 Å². The number of aromatic nitrogens is 2. The van der Waals surface area contributed by atoms with E-state index < -0.39 is 0 Å². The first-order valence-corrected chi connectivity index (χ1v) is 11.4. The van der Waals surface area contributed by atoms with Crippen molar-refractivity contribution in [2.45, 2.75) is 36.6 Å². The molecule has 1 aliphatic rings. The fourth-order valence-corrected chi connectivity index (χ4v) is 4.61. The largest absolute Gasteiger partial charge is 0.494 e. The van der Waals surface area contributed by atoms with Gasteiger partial charge in [0.25, 0.3) is 5.56 Å². The molecule has 0 saturated heterocycles. The number of amides is 1. The van der Waals surface area contributed by atoms with Gasteiger partial charge in [-0.2, -0.15) is 4.98 Å². The van der Waals surface area contributed by atoms with E-state index >= 15 is 0 Å². The molecule has 160 valence electrons. The molecule has 0 radical (unpaired) electrons. The monoisotopic (exact) mass is 435 g/mol. The van der Waals surface area contributed by atoms with Gasteiger partial charge in [0.1, 0.15) is 11.6 Å². The molecule has 1 aromatic heterocycles. The first-order valence-electron chi connectivity index (χ1n) is 10.4. The Balaban J connectivity index is 1.65. The zero-order valence-corrected chi connectivity index (χ0v) is 18.4. The van der Waals surface area contributed by atoms with E-state index in [2.05, 4.69) is 17.2 Å². The topological polar surface area (TPSA) is 73.2 Å². The summed E-state index contributed by atoms with van der Waals surface area (Å²) in [6.45, 7) is 2.71. The highest BCUT2D eigenvalue weighted by Crippen LogP contribution is 2.36. The smallest absolute Gasteiger partial charge is 0.279 e. The maximum absolute atomic E-state index is 13.0. The number of carbonyl (C=O) groups excluding carboxylic acids is 1. The van der Waals surface area contributed by atoms with E-state index in [0.717, 1.165) is 23.3 Å². The van der Waals surface area contributed by atoms with Crippen LogP contribution in [0.1, 0.15) is 42.4 Å². The zero-order chi connectivity index (χ0) is 21.8. The van der Waals surface area contributed by atoms with Crippen molar-refractivity contribution in [2.24, 2.45) is 7.05 Å². The second-order valence-corrected chi connectivity index (χ2v) is 8.46. The SMILES string of the molecule is CCCOc1ccc([C@H]2CC(=O)Nc3c2c(=O)nc(SCc2ccccc2)n3C)cc1. The van der Waals surface area contributed by atoms with Crippen LogP contribution < -0.4 is 15.6 Å². The van der Waals surface area contributed by atoms with Gasteiger partial charge in [0, 0.05) is 25.1 Å². The van der Waals surface area contributed by atoms with E-state index in [9.17, 15) is 9.59 Å². The summed E-state index contributed by atoms with van der Waals surface area (Å²) in [4.78, 5) is 29.9. The second-order valence-electron chi connectivity index (χ2n) is 7.52. The summed E-state index contributed by atoms with van der Waals surface area (Å²) in [5, 5.41) is 3.47. The summed E-state index contributed by atoms with van der Waals surface area (Å²) in [5.41, 5.74) is 2.30.